The smallest absolute Gasteiger partial charge is 0.223 e. The third-order valence-electron chi connectivity index (χ3n) is 2.07. The van der Waals surface area contributed by atoms with Crippen molar-refractivity contribution in [2.75, 3.05) is 19.6 Å². The topological polar surface area (TPSA) is 46.3 Å². The average Bonchev–Trinajstić information content (AvgIpc) is 2.05. The summed E-state index contributed by atoms with van der Waals surface area (Å²) in [7, 11) is 0. The van der Waals surface area contributed by atoms with Crippen LogP contribution in [0.2, 0.25) is 0 Å². The van der Waals surface area contributed by atoms with Gasteiger partial charge in [-0.25, -0.2) is 4.39 Å². The summed E-state index contributed by atoms with van der Waals surface area (Å²) in [6.07, 6.45) is 0.872. The van der Waals surface area contributed by atoms with Gasteiger partial charge in [-0.15, -0.1) is 0 Å². The molecular weight excluding hydrogens is 159 g/mol. The Kier molecular flexibility index (Phi) is 3.47. The van der Waals surface area contributed by atoms with E-state index < -0.39 is 6.17 Å². The highest BCUT2D eigenvalue weighted by atomic mass is 19.1. The first-order valence-electron chi connectivity index (χ1n) is 4.36. The molecule has 1 aliphatic heterocycles. The van der Waals surface area contributed by atoms with Crippen LogP contribution in [-0.2, 0) is 4.79 Å². The maximum Gasteiger partial charge on any atom is 0.223 e. The largest absolute Gasteiger partial charge is 0.340 e. The fraction of sp³-hybridized carbons (Fsp3) is 0.875. The van der Waals surface area contributed by atoms with Crippen LogP contribution < -0.4 is 5.73 Å². The Bertz CT molecular complexity index is 163. The Morgan fingerprint density at radius 1 is 1.67 bits per heavy atom. The number of piperidine rings is 1. The van der Waals surface area contributed by atoms with Gasteiger partial charge in [0, 0.05) is 19.5 Å². The van der Waals surface area contributed by atoms with Crippen LogP contribution in [0, 0.1) is 0 Å². The van der Waals surface area contributed by atoms with Crippen molar-refractivity contribution in [2.45, 2.75) is 25.4 Å². The number of halogens is 1. The number of hydrogen-bond donors (Lipinski definition) is 1. The predicted octanol–water partition coefficient (Wildman–Crippen LogP) is 0.296. The van der Waals surface area contributed by atoms with E-state index in [2.05, 4.69) is 0 Å². The molecule has 0 aromatic rings. The molecule has 1 rings (SSSR count). The monoisotopic (exact) mass is 174 g/mol. The SMILES string of the molecule is NCCC(=O)N1CCCC(F)C1. The molecule has 1 atom stereocenters. The maximum atomic E-state index is 12.8. The molecule has 0 saturated carbocycles. The normalized spacial score (nSPS) is 24.2. The van der Waals surface area contributed by atoms with Gasteiger partial charge in [0.15, 0.2) is 0 Å². The average molecular weight is 174 g/mol. The third kappa shape index (κ3) is 2.44. The quantitative estimate of drug-likeness (QED) is 0.654. The van der Waals surface area contributed by atoms with Gasteiger partial charge in [0.25, 0.3) is 0 Å². The molecule has 0 aromatic carbocycles. The maximum absolute atomic E-state index is 12.8. The van der Waals surface area contributed by atoms with Gasteiger partial charge in [-0.2, -0.15) is 0 Å². The van der Waals surface area contributed by atoms with Crippen molar-refractivity contribution in [1.29, 1.82) is 0 Å². The summed E-state index contributed by atoms with van der Waals surface area (Å²) in [6.45, 7) is 1.31. The second-order valence-electron chi connectivity index (χ2n) is 3.12. The van der Waals surface area contributed by atoms with Gasteiger partial charge < -0.3 is 10.6 Å². The summed E-state index contributed by atoms with van der Waals surface area (Å²) in [5.41, 5.74) is 5.23. The Labute approximate surface area is 71.7 Å². The van der Waals surface area contributed by atoms with Gasteiger partial charge in [0.2, 0.25) is 5.91 Å². The van der Waals surface area contributed by atoms with Crippen LogP contribution in [0.3, 0.4) is 0 Å². The molecule has 0 aliphatic carbocycles. The fourth-order valence-electron chi connectivity index (χ4n) is 1.43. The molecule has 2 N–H and O–H groups in total. The number of amides is 1. The van der Waals surface area contributed by atoms with Crippen molar-refractivity contribution in [3.05, 3.63) is 0 Å². The molecule has 1 fully saturated rings. The van der Waals surface area contributed by atoms with E-state index in [9.17, 15) is 9.18 Å². The Hall–Kier alpha value is -0.640. The van der Waals surface area contributed by atoms with Crippen LogP contribution in [0.25, 0.3) is 0 Å². The number of nitrogens with zero attached hydrogens (tertiary/aromatic N) is 1. The second kappa shape index (κ2) is 4.40. The standard InChI is InChI=1S/C8H15FN2O/c9-7-2-1-5-11(6-7)8(12)3-4-10/h7H,1-6,10H2. The minimum absolute atomic E-state index is 0.0140. The van der Waals surface area contributed by atoms with Crippen molar-refractivity contribution in [3.63, 3.8) is 0 Å². The van der Waals surface area contributed by atoms with Gasteiger partial charge in [0.05, 0.1) is 6.54 Å². The zero-order valence-electron chi connectivity index (χ0n) is 7.13. The van der Waals surface area contributed by atoms with E-state index in [1.54, 1.807) is 4.90 Å². The van der Waals surface area contributed by atoms with E-state index in [1.807, 2.05) is 0 Å². The molecule has 0 radical (unpaired) electrons. The molecule has 3 nitrogen and oxygen atoms in total. The van der Waals surface area contributed by atoms with E-state index in [1.165, 1.54) is 0 Å². The molecule has 1 saturated heterocycles. The Balaban J connectivity index is 2.35. The minimum atomic E-state index is -0.833. The van der Waals surface area contributed by atoms with E-state index >= 15 is 0 Å². The van der Waals surface area contributed by atoms with E-state index in [4.69, 9.17) is 5.73 Å². The van der Waals surface area contributed by atoms with Crippen molar-refractivity contribution < 1.29 is 9.18 Å². The molecule has 1 amide bonds. The van der Waals surface area contributed by atoms with E-state index in [0.29, 0.717) is 25.9 Å². The summed E-state index contributed by atoms with van der Waals surface area (Å²) < 4.78 is 12.8. The van der Waals surface area contributed by atoms with Crippen LogP contribution in [-0.4, -0.2) is 36.6 Å². The minimum Gasteiger partial charge on any atom is -0.340 e. The van der Waals surface area contributed by atoms with Gasteiger partial charge >= 0.3 is 0 Å². The summed E-state index contributed by atoms with van der Waals surface area (Å²) in [4.78, 5) is 12.8. The van der Waals surface area contributed by atoms with Crippen LogP contribution >= 0.6 is 0 Å². The summed E-state index contributed by atoms with van der Waals surface area (Å²) in [5, 5.41) is 0. The number of hydrogen-bond acceptors (Lipinski definition) is 2. The molecule has 1 aliphatic rings. The number of carbonyl (C=O) groups excluding carboxylic acids is 1. The molecule has 4 heteroatoms. The molecule has 0 bridgehead atoms. The molecule has 70 valence electrons. The number of likely N-dealkylation sites (tertiary alicyclic amines) is 1. The third-order valence-corrected chi connectivity index (χ3v) is 2.07. The predicted molar refractivity (Wildman–Crippen MR) is 44.4 cm³/mol. The number of nitrogens with two attached hydrogens (primary N) is 1. The Morgan fingerprint density at radius 3 is 3.00 bits per heavy atom. The highest BCUT2D eigenvalue weighted by Crippen LogP contribution is 2.13. The molecule has 12 heavy (non-hydrogen) atoms. The van der Waals surface area contributed by atoms with Crippen molar-refractivity contribution in [3.8, 4) is 0 Å². The van der Waals surface area contributed by atoms with Gasteiger partial charge in [-0.05, 0) is 12.8 Å². The van der Waals surface area contributed by atoms with Gasteiger partial charge in [-0.3, -0.25) is 4.79 Å². The first kappa shape index (κ1) is 9.45. The zero-order chi connectivity index (χ0) is 8.97. The first-order chi connectivity index (χ1) is 5.74. The lowest BCUT2D eigenvalue weighted by Gasteiger charge is -2.28. The fourth-order valence-corrected chi connectivity index (χ4v) is 1.43. The van der Waals surface area contributed by atoms with Crippen LogP contribution in [0.15, 0.2) is 0 Å². The Morgan fingerprint density at radius 2 is 2.42 bits per heavy atom. The summed E-state index contributed by atoms with van der Waals surface area (Å²) >= 11 is 0. The van der Waals surface area contributed by atoms with Gasteiger partial charge in [-0.1, -0.05) is 0 Å². The van der Waals surface area contributed by atoms with Crippen molar-refractivity contribution >= 4 is 5.91 Å². The molecule has 0 spiro atoms. The lowest BCUT2D eigenvalue weighted by Crippen LogP contribution is -2.41. The lowest BCUT2D eigenvalue weighted by atomic mass is 10.1. The number of carbonyl (C=O) groups is 1. The molecule has 0 aromatic heterocycles. The molecular formula is C8H15FN2O. The van der Waals surface area contributed by atoms with Crippen molar-refractivity contribution in [1.82, 2.24) is 4.90 Å². The van der Waals surface area contributed by atoms with E-state index in [0.717, 1.165) is 6.42 Å². The lowest BCUT2D eigenvalue weighted by molar-refractivity contribution is -0.133. The van der Waals surface area contributed by atoms with Crippen LogP contribution in [0.4, 0.5) is 4.39 Å². The highest BCUT2D eigenvalue weighted by molar-refractivity contribution is 5.76. The highest BCUT2D eigenvalue weighted by Gasteiger charge is 2.22. The van der Waals surface area contributed by atoms with E-state index in [-0.39, 0.29) is 12.5 Å². The van der Waals surface area contributed by atoms with Crippen molar-refractivity contribution in [2.24, 2.45) is 5.73 Å². The number of rotatable bonds is 2. The summed E-state index contributed by atoms with van der Waals surface area (Å²) in [6, 6.07) is 0. The second-order valence-corrected chi connectivity index (χ2v) is 3.12. The van der Waals surface area contributed by atoms with Gasteiger partial charge in [0.1, 0.15) is 6.17 Å². The number of alkyl halides is 1. The summed E-state index contributed by atoms with van der Waals surface area (Å²) in [5.74, 6) is -0.0140. The van der Waals surface area contributed by atoms with Crippen LogP contribution in [0.1, 0.15) is 19.3 Å². The molecule has 1 heterocycles. The van der Waals surface area contributed by atoms with Crippen LogP contribution in [0.5, 0.6) is 0 Å². The molecule has 1 unspecified atom stereocenters. The zero-order valence-corrected chi connectivity index (χ0v) is 7.13. The first-order valence-corrected chi connectivity index (χ1v) is 4.36.